The third-order valence-electron chi connectivity index (χ3n) is 4.88. The van der Waals surface area contributed by atoms with E-state index in [0.717, 1.165) is 40.6 Å². The molecule has 0 atom stereocenters. The zero-order valence-electron chi connectivity index (χ0n) is 14.6. The van der Waals surface area contributed by atoms with Crippen molar-refractivity contribution >= 4 is 32.8 Å². The summed E-state index contributed by atoms with van der Waals surface area (Å²) < 4.78 is 6.84. The minimum absolute atomic E-state index is 0.0177. The molecule has 0 aliphatic carbocycles. The van der Waals surface area contributed by atoms with Gasteiger partial charge in [-0.15, -0.1) is 0 Å². The van der Waals surface area contributed by atoms with E-state index in [-0.39, 0.29) is 5.91 Å². The number of pyridine rings is 1. The van der Waals surface area contributed by atoms with E-state index in [9.17, 15) is 4.79 Å². The first-order valence-corrected chi connectivity index (χ1v) is 9.50. The van der Waals surface area contributed by atoms with Gasteiger partial charge in [0.2, 0.25) is 0 Å². The van der Waals surface area contributed by atoms with Crippen molar-refractivity contribution in [1.82, 2.24) is 14.8 Å². The third-order valence-corrected chi connectivity index (χ3v) is 5.37. The average Bonchev–Trinajstić information content (AvgIpc) is 2.99. The normalized spacial score (nSPS) is 15.5. The van der Waals surface area contributed by atoms with Crippen LogP contribution in [0.3, 0.4) is 0 Å². The number of carbonyl (C=O) groups excluding carboxylic acids is 1. The van der Waals surface area contributed by atoms with Gasteiger partial charge in [-0.3, -0.25) is 14.7 Å². The molecule has 0 saturated carbocycles. The molecule has 1 aliphatic heterocycles. The predicted molar refractivity (Wildman–Crippen MR) is 104 cm³/mol. The van der Waals surface area contributed by atoms with Crippen molar-refractivity contribution in [2.45, 2.75) is 13.5 Å². The van der Waals surface area contributed by atoms with Crippen LogP contribution in [0.15, 0.2) is 51.6 Å². The fourth-order valence-corrected chi connectivity index (χ4v) is 3.76. The van der Waals surface area contributed by atoms with E-state index in [1.54, 1.807) is 6.20 Å². The minimum atomic E-state index is -0.0177. The largest absolute Gasteiger partial charge is 0.451 e. The van der Waals surface area contributed by atoms with Gasteiger partial charge in [0.15, 0.2) is 5.76 Å². The van der Waals surface area contributed by atoms with Gasteiger partial charge in [0, 0.05) is 60.5 Å². The Balaban J connectivity index is 1.44. The number of hydrogen-bond donors (Lipinski definition) is 0. The number of rotatable bonds is 3. The molecular weight excluding hydrogens is 394 g/mol. The SMILES string of the molecule is Cc1c(C(=O)N2CCN(Cc3cccnc3)CC2)oc2ccc(Br)cc12. The van der Waals surface area contributed by atoms with Gasteiger partial charge in [-0.25, -0.2) is 0 Å². The monoisotopic (exact) mass is 413 g/mol. The van der Waals surface area contributed by atoms with Crippen LogP contribution in [0.4, 0.5) is 0 Å². The Morgan fingerprint density at radius 2 is 2.04 bits per heavy atom. The van der Waals surface area contributed by atoms with Crippen LogP contribution in [0.2, 0.25) is 0 Å². The molecule has 26 heavy (non-hydrogen) atoms. The van der Waals surface area contributed by atoms with E-state index in [0.29, 0.717) is 18.8 Å². The van der Waals surface area contributed by atoms with Gasteiger partial charge in [0.1, 0.15) is 5.58 Å². The first-order valence-electron chi connectivity index (χ1n) is 8.71. The molecule has 1 aliphatic rings. The van der Waals surface area contributed by atoms with E-state index in [4.69, 9.17) is 4.42 Å². The summed E-state index contributed by atoms with van der Waals surface area (Å²) in [6.07, 6.45) is 3.68. The lowest BCUT2D eigenvalue weighted by Crippen LogP contribution is -2.48. The number of amides is 1. The molecule has 6 heteroatoms. The lowest BCUT2D eigenvalue weighted by atomic mass is 10.1. The van der Waals surface area contributed by atoms with E-state index < -0.39 is 0 Å². The molecule has 1 amide bonds. The molecule has 1 fully saturated rings. The van der Waals surface area contributed by atoms with Crippen LogP contribution in [0.25, 0.3) is 11.0 Å². The van der Waals surface area contributed by atoms with Crippen LogP contribution in [-0.2, 0) is 6.54 Å². The highest BCUT2D eigenvalue weighted by molar-refractivity contribution is 9.10. The predicted octanol–water partition coefficient (Wildman–Crippen LogP) is 3.86. The maximum atomic E-state index is 12.9. The number of aromatic nitrogens is 1. The van der Waals surface area contributed by atoms with E-state index in [2.05, 4.69) is 31.9 Å². The summed E-state index contributed by atoms with van der Waals surface area (Å²) in [7, 11) is 0. The lowest BCUT2D eigenvalue weighted by Gasteiger charge is -2.34. The number of piperazine rings is 1. The van der Waals surface area contributed by atoms with Crippen LogP contribution in [0, 0.1) is 6.92 Å². The summed E-state index contributed by atoms with van der Waals surface area (Å²) in [6, 6.07) is 9.86. The Hall–Kier alpha value is -2.18. The van der Waals surface area contributed by atoms with Gasteiger partial charge in [-0.05, 0) is 36.8 Å². The number of hydrogen-bond acceptors (Lipinski definition) is 4. The smallest absolute Gasteiger partial charge is 0.289 e. The molecule has 0 bridgehead atoms. The lowest BCUT2D eigenvalue weighted by molar-refractivity contribution is 0.0599. The Kier molecular flexibility index (Phi) is 4.78. The molecule has 2 aromatic heterocycles. The van der Waals surface area contributed by atoms with Gasteiger partial charge < -0.3 is 9.32 Å². The summed E-state index contributed by atoms with van der Waals surface area (Å²) in [5.41, 5.74) is 2.86. The standard InChI is InChI=1S/C20H20BrN3O2/c1-14-17-11-16(21)4-5-18(17)26-19(14)20(25)24-9-7-23(8-10-24)13-15-3-2-6-22-12-15/h2-6,11-12H,7-10,13H2,1H3. The molecule has 3 heterocycles. The molecule has 4 rings (SSSR count). The molecule has 5 nitrogen and oxygen atoms in total. The van der Waals surface area contributed by atoms with Crippen molar-refractivity contribution in [3.05, 3.63) is 64.1 Å². The molecule has 0 spiro atoms. The van der Waals surface area contributed by atoms with Gasteiger partial charge in [0.05, 0.1) is 0 Å². The first kappa shape index (κ1) is 17.2. The highest BCUT2D eigenvalue weighted by Crippen LogP contribution is 2.29. The van der Waals surface area contributed by atoms with Gasteiger partial charge in [0.25, 0.3) is 5.91 Å². The Morgan fingerprint density at radius 3 is 2.77 bits per heavy atom. The number of aryl methyl sites for hydroxylation is 1. The second-order valence-electron chi connectivity index (χ2n) is 6.63. The molecule has 1 saturated heterocycles. The van der Waals surface area contributed by atoms with Crippen LogP contribution in [0.5, 0.6) is 0 Å². The highest BCUT2D eigenvalue weighted by atomic mass is 79.9. The summed E-state index contributed by atoms with van der Waals surface area (Å²) in [4.78, 5) is 21.3. The zero-order valence-corrected chi connectivity index (χ0v) is 16.2. The molecule has 0 radical (unpaired) electrons. The van der Waals surface area contributed by atoms with Gasteiger partial charge in [-0.1, -0.05) is 22.0 Å². The van der Waals surface area contributed by atoms with Crippen molar-refractivity contribution in [1.29, 1.82) is 0 Å². The maximum absolute atomic E-state index is 12.9. The molecule has 0 unspecified atom stereocenters. The van der Waals surface area contributed by atoms with Crippen molar-refractivity contribution in [3.8, 4) is 0 Å². The molecule has 1 aromatic carbocycles. The molecule has 3 aromatic rings. The minimum Gasteiger partial charge on any atom is -0.451 e. The number of benzene rings is 1. The van der Waals surface area contributed by atoms with Crippen molar-refractivity contribution < 1.29 is 9.21 Å². The van der Waals surface area contributed by atoms with E-state index >= 15 is 0 Å². The zero-order chi connectivity index (χ0) is 18.1. The summed E-state index contributed by atoms with van der Waals surface area (Å²) in [5.74, 6) is 0.439. The summed E-state index contributed by atoms with van der Waals surface area (Å²) >= 11 is 3.48. The van der Waals surface area contributed by atoms with Crippen LogP contribution in [-0.4, -0.2) is 46.9 Å². The number of furan rings is 1. The maximum Gasteiger partial charge on any atom is 0.289 e. The van der Waals surface area contributed by atoms with Gasteiger partial charge >= 0.3 is 0 Å². The number of fused-ring (bicyclic) bond motifs is 1. The fraction of sp³-hybridized carbons (Fsp3) is 0.300. The fourth-order valence-electron chi connectivity index (χ4n) is 3.40. The van der Waals surface area contributed by atoms with E-state index in [1.807, 2.05) is 42.3 Å². The average molecular weight is 414 g/mol. The second kappa shape index (κ2) is 7.21. The summed E-state index contributed by atoms with van der Waals surface area (Å²) in [6.45, 7) is 5.94. The number of halogens is 1. The van der Waals surface area contributed by atoms with Crippen molar-refractivity contribution in [2.75, 3.05) is 26.2 Å². The van der Waals surface area contributed by atoms with E-state index in [1.165, 1.54) is 5.56 Å². The molecular formula is C20H20BrN3O2. The number of nitrogens with zero attached hydrogens (tertiary/aromatic N) is 3. The molecule has 0 N–H and O–H groups in total. The Morgan fingerprint density at radius 1 is 1.23 bits per heavy atom. The highest BCUT2D eigenvalue weighted by Gasteiger charge is 2.26. The van der Waals surface area contributed by atoms with Crippen molar-refractivity contribution in [2.24, 2.45) is 0 Å². The van der Waals surface area contributed by atoms with Crippen LogP contribution >= 0.6 is 15.9 Å². The summed E-state index contributed by atoms with van der Waals surface area (Å²) in [5, 5.41) is 0.984. The topological polar surface area (TPSA) is 49.6 Å². The first-order chi connectivity index (χ1) is 12.6. The van der Waals surface area contributed by atoms with Crippen LogP contribution < -0.4 is 0 Å². The number of carbonyl (C=O) groups is 1. The quantitative estimate of drug-likeness (QED) is 0.653. The van der Waals surface area contributed by atoms with Crippen molar-refractivity contribution in [3.63, 3.8) is 0 Å². The molecule has 134 valence electrons. The van der Waals surface area contributed by atoms with Gasteiger partial charge in [-0.2, -0.15) is 0 Å². The Labute approximate surface area is 160 Å². The Bertz CT molecular complexity index is 931. The van der Waals surface area contributed by atoms with Crippen LogP contribution in [0.1, 0.15) is 21.7 Å². The second-order valence-corrected chi connectivity index (χ2v) is 7.54. The third kappa shape index (κ3) is 3.39.